The lowest BCUT2D eigenvalue weighted by Gasteiger charge is -2.54. The number of carbonyl (C=O) groups excluding carboxylic acids is 1. The molecule has 2 saturated carbocycles. The third kappa shape index (κ3) is 3.86. The molecule has 176 valence electrons. The predicted molar refractivity (Wildman–Crippen MR) is 126 cm³/mol. The lowest BCUT2D eigenvalue weighted by molar-refractivity contribution is -0.145. The van der Waals surface area contributed by atoms with E-state index in [1.807, 2.05) is 0 Å². The smallest absolute Gasteiger partial charge is 0.225 e. The van der Waals surface area contributed by atoms with Crippen LogP contribution in [0.5, 0.6) is 5.75 Å². The maximum atomic E-state index is 13.0. The highest BCUT2D eigenvalue weighted by molar-refractivity contribution is 5.80. The Morgan fingerprint density at radius 1 is 1.12 bits per heavy atom. The topological polar surface area (TPSA) is 61.8 Å². The minimum Gasteiger partial charge on any atom is -0.496 e. The van der Waals surface area contributed by atoms with Crippen LogP contribution in [0.1, 0.15) is 89.2 Å². The molecule has 5 rings (SSSR count). The zero-order chi connectivity index (χ0) is 22.7. The average molecular weight is 441 g/mol. The van der Waals surface area contributed by atoms with E-state index in [0.29, 0.717) is 17.2 Å². The molecule has 5 heteroatoms. The summed E-state index contributed by atoms with van der Waals surface area (Å²) in [5.74, 6) is 2.10. The van der Waals surface area contributed by atoms with Crippen LogP contribution in [-0.4, -0.2) is 47.9 Å². The summed E-state index contributed by atoms with van der Waals surface area (Å²) < 4.78 is 5.71. The average Bonchev–Trinajstić information content (AvgIpc) is 3.11. The fraction of sp³-hybridized carbons (Fsp3) is 0.741. The Hall–Kier alpha value is -1.59. The van der Waals surface area contributed by atoms with Crippen molar-refractivity contribution < 1.29 is 14.6 Å². The van der Waals surface area contributed by atoms with Crippen molar-refractivity contribution in [2.45, 2.75) is 95.2 Å². The second kappa shape index (κ2) is 7.73. The maximum Gasteiger partial charge on any atom is 0.225 e. The molecular weight excluding hydrogens is 400 g/mol. The van der Waals surface area contributed by atoms with Gasteiger partial charge in [0.05, 0.1) is 7.11 Å². The molecule has 2 spiro atoms. The van der Waals surface area contributed by atoms with Crippen LogP contribution in [0, 0.1) is 11.3 Å². The van der Waals surface area contributed by atoms with Gasteiger partial charge in [-0.3, -0.25) is 10.1 Å². The van der Waals surface area contributed by atoms with E-state index >= 15 is 0 Å². The predicted octanol–water partition coefficient (Wildman–Crippen LogP) is 4.33. The summed E-state index contributed by atoms with van der Waals surface area (Å²) in [6.07, 6.45) is 7.93. The number of rotatable bonds is 3. The fourth-order valence-electron chi connectivity index (χ4n) is 6.88. The van der Waals surface area contributed by atoms with Gasteiger partial charge in [0.15, 0.2) is 0 Å². The van der Waals surface area contributed by atoms with Gasteiger partial charge in [0.25, 0.3) is 0 Å². The third-order valence-corrected chi connectivity index (χ3v) is 9.02. The minimum absolute atomic E-state index is 0.0403. The van der Waals surface area contributed by atoms with Crippen molar-refractivity contribution in [1.29, 1.82) is 0 Å². The van der Waals surface area contributed by atoms with Crippen molar-refractivity contribution in [2.75, 3.05) is 20.2 Å². The van der Waals surface area contributed by atoms with Gasteiger partial charge in [-0.1, -0.05) is 32.9 Å². The zero-order valence-electron chi connectivity index (χ0n) is 20.2. The Balaban J connectivity index is 1.16. The van der Waals surface area contributed by atoms with Gasteiger partial charge in [0, 0.05) is 24.5 Å². The number of hydrogen-bond acceptors (Lipinski definition) is 4. The molecule has 4 fully saturated rings. The fourth-order valence-corrected chi connectivity index (χ4v) is 6.88. The van der Waals surface area contributed by atoms with Gasteiger partial charge in [0.2, 0.25) is 5.91 Å². The molecule has 1 unspecified atom stereocenters. The number of nitrogens with one attached hydrogen (secondary N) is 1. The van der Waals surface area contributed by atoms with Crippen molar-refractivity contribution in [1.82, 2.24) is 10.2 Å². The third-order valence-electron chi connectivity index (χ3n) is 9.02. The monoisotopic (exact) mass is 440 g/mol. The van der Waals surface area contributed by atoms with Crippen LogP contribution in [0.3, 0.4) is 0 Å². The minimum atomic E-state index is -0.379. The van der Waals surface area contributed by atoms with Crippen LogP contribution in [0.15, 0.2) is 18.2 Å². The van der Waals surface area contributed by atoms with Crippen molar-refractivity contribution in [3.05, 3.63) is 29.3 Å². The molecule has 2 N–H and O–H groups in total. The number of aliphatic hydroxyl groups is 1. The van der Waals surface area contributed by atoms with Crippen molar-refractivity contribution in [2.24, 2.45) is 11.3 Å². The van der Waals surface area contributed by atoms with Crippen molar-refractivity contribution in [3.63, 3.8) is 0 Å². The summed E-state index contributed by atoms with van der Waals surface area (Å²) in [5, 5.41) is 13.1. The molecule has 1 amide bonds. The maximum absolute atomic E-state index is 13.0. The van der Waals surface area contributed by atoms with Gasteiger partial charge >= 0.3 is 0 Å². The van der Waals surface area contributed by atoms with E-state index in [0.717, 1.165) is 57.4 Å². The Morgan fingerprint density at radius 3 is 2.38 bits per heavy atom. The first-order valence-corrected chi connectivity index (χ1v) is 12.6. The molecular formula is C27H40N2O3. The van der Waals surface area contributed by atoms with E-state index in [2.05, 4.69) is 49.2 Å². The number of amides is 1. The largest absolute Gasteiger partial charge is 0.496 e. The summed E-state index contributed by atoms with van der Waals surface area (Å²) >= 11 is 0. The van der Waals surface area contributed by atoms with E-state index in [1.165, 1.54) is 24.0 Å². The number of ether oxygens (including phenoxy) is 1. The van der Waals surface area contributed by atoms with Crippen LogP contribution >= 0.6 is 0 Å². The molecule has 1 atom stereocenters. The lowest BCUT2D eigenvalue weighted by atomic mass is 9.55. The normalized spacial score (nSPS) is 29.1. The van der Waals surface area contributed by atoms with Gasteiger partial charge < -0.3 is 14.7 Å². The molecule has 2 aliphatic heterocycles. The van der Waals surface area contributed by atoms with Crippen LogP contribution in [-0.2, 0) is 10.2 Å². The van der Waals surface area contributed by atoms with E-state index in [-0.39, 0.29) is 23.1 Å². The second-order valence-corrected chi connectivity index (χ2v) is 12.2. The molecule has 0 bridgehead atoms. The first kappa shape index (κ1) is 22.2. The van der Waals surface area contributed by atoms with Crippen molar-refractivity contribution in [3.8, 4) is 5.75 Å². The lowest BCUT2D eigenvalue weighted by Crippen LogP contribution is -2.58. The van der Waals surface area contributed by atoms with E-state index in [9.17, 15) is 9.90 Å². The number of benzene rings is 1. The molecule has 32 heavy (non-hydrogen) atoms. The van der Waals surface area contributed by atoms with E-state index in [1.54, 1.807) is 7.11 Å². The van der Waals surface area contributed by atoms with Crippen molar-refractivity contribution >= 4 is 5.91 Å². The molecule has 5 nitrogen and oxygen atoms in total. The van der Waals surface area contributed by atoms with E-state index in [4.69, 9.17) is 4.74 Å². The first-order chi connectivity index (χ1) is 15.1. The number of piperidine rings is 1. The number of methoxy groups -OCH3 is 1. The summed E-state index contributed by atoms with van der Waals surface area (Å²) in [5.41, 5.74) is 3.33. The first-order valence-electron chi connectivity index (χ1n) is 12.6. The van der Waals surface area contributed by atoms with Crippen LogP contribution in [0.2, 0.25) is 0 Å². The summed E-state index contributed by atoms with van der Waals surface area (Å²) in [4.78, 5) is 15.2. The molecule has 4 aliphatic rings. The number of hydrogen-bond donors (Lipinski definition) is 2. The molecule has 1 aromatic rings. The SMILES string of the molecule is COc1ccc(C(C)(C)C)cc1C1CC2(CCN(C(=O)C3CC4(CCC(O)N4)C3)CC2)C1. The molecule has 2 aliphatic carbocycles. The van der Waals surface area contributed by atoms with E-state index < -0.39 is 0 Å². The van der Waals surface area contributed by atoms with Crippen LogP contribution < -0.4 is 10.1 Å². The standard InChI is InChI=1S/C27H40N2O3/c1-25(2,3)20-5-6-22(32-4)21(13-20)18-14-26(15-18)9-11-29(12-10-26)24(31)19-16-27(17-19)8-7-23(30)28-27/h5-6,13,18-19,23,28,30H,7-12,14-17H2,1-4H3. The van der Waals surface area contributed by atoms with Gasteiger partial charge in [-0.15, -0.1) is 0 Å². The van der Waals surface area contributed by atoms with Crippen LogP contribution in [0.25, 0.3) is 0 Å². The summed E-state index contributed by atoms with van der Waals surface area (Å²) in [6, 6.07) is 6.72. The zero-order valence-corrected chi connectivity index (χ0v) is 20.2. The highest BCUT2D eigenvalue weighted by Gasteiger charge is 2.53. The highest BCUT2D eigenvalue weighted by Crippen LogP contribution is 2.58. The number of nitrogens with zero attached hydrogens (tertiary/aromatic N) is 1. The Kier molecular flexibility index (Phi) is 5.37. The molecule has 1 aromatic carbocycles. The van der Waals surface area contributed by atoms with Gasteiger partial charge in [-0.2, -0.15) is 0 Å². The highest BCUT2D eigenvalue weighted by atomic mass is 16.5. The molecule has 2 saturated heterocycles. The molecule has 0 radical (unpaired) electrons. The number of likely N-dealkylation sites (tertiary alicyclic amines) is 1. The number of carbonyl (C=O) groups is 1. The summed E-state index contributed by atoms with van der Waals surface area (Å²) in [7, 11) is 1.78. The summed E-state index contributed by atoms with van der Waals surface area (Å²) in [6.45, 7) is 8.61. The van der Waals surface area contributed by atoms with Gasteiger partial charge in [-0.05, 0) is 85.3 Å². The Morgan fingerprint density at radius 2 is 1.81 bits per heavy atom. The van der Waals surface area contributed by atoms with Gasteiger partial charge in [-0.25, -0.2) is 0 Å². The van der Waals surface area contributed by atoms with Crippen LogP contribution in [0.4, 0.5) is 0 Å². The quantitative estimate of drug-likeness (QED) is 0.734. The molecule has 0 aromatic heterocycles. The Labute approximate surface area is 192 Å². The molecule has 2 heterocycles. The van der Waals surface area contributed by atoms with Gasteiger partial charge in [0.1, 0.15) is 12.0 Å². The number of aliphatic hydroxyl groups excluding tert-OH is 1. The Bertz CT molecular complexity index is 867. The second-order valence-electron chi connectivity index (χ2n) is 12.2.